The van der Waals surface area contributed by atoms with E-state index in [0.29, 0.717) is 23.5 Å². The molecular weight excluding hydrogens is 392 g/mol. The molecule has 3 heteroatoms. The second-order valence-corrected chi connectivity index (χ2v) is 11.1. The Labute approximate surface area is 186 Å². The van der Waals surface area contributed by atoms with Crippen LogP contribution in [0.15, 0.2) is 48.6 Å². The fourth-order valence-corrected chi connectivity index (χ4v) is 6.88. The van der Waals surface area contributed by atoms with Crippen LogP contribution in [-0.2, 0) is 16.1 Å². The predicted molar refractivity (Wildman–Crippen MR) is 123 cm³/mol. The Kier molecular flexibility index (Phi) is 5.68. The molecule has 4 rings (SSSR count). The van der Waals surface area contributed by atoms with E-state index >= 15 is 0 Å². The molecule has 0 unspecified atom stereocenters. The van der Waals surface area contributed by atoms with E-state index in [9.17, 15) is 4.79 Å². The Bertz CT molecular complexity index is 856. The van der Waals surface area contributed by atoms with Crippen LogP contribution in [0.4, 0.5) is 0 Å². The highest BCUT2D eigenvalue weighted by Crippen LogP contribution is 2.64. The van der Waals surface area contributed by atoms with Crippen molar-refractivity contribution in [2.75, 3.05) is 0 Å². The molecule has 0 spiro atoms. The molecule has 5 atom stereocenters. The highest BCUT2D eigenvalue weighted by Gasteiger charge is 2.58. The molecule has 0 saturated heterocycles. The van der Waals surface area contributed by atoms with E-state index in [4.69, 9.17) is 16.3 Å². The SMILES string of the molecule is C=C[C@@]1(C)CC=C2[C@@H](CC[C@@H]3[C@](C)(C(=O)OCc4ccc(Cl)cc4)CCC[C@@]23C)C1. The third kappa shape index (κ3) is 3.66. The second-order valence-electron chi connectivity index (χ2n) is 10.6. The summed E-state index contributed by atoms with van der Waals surface area (Å²) in [6.45, 7) is 11.3. The standard InChI is InChI=1S/C27H35ClO2/c1-5-25(2)16-13-22-20(17-25)9-12-23-26(22,3)14-6-15-27(23,4)24(29)30-18-19-7-10-21(28)11-8-19/h5,7-8,10-11,13,20,23H,1,6,9,12,14-18H2,2-4H3/t20-,23-,25-,26-,27+/m0/s1. The molecule has 30 heavy (non-hydrogen) atoms. The van der Waals surface area contributed by atoms with Gasteiger partial charge < -0.3 is 4.74 Å². The van der Waals surface area contributed by atoms with Gasteiger partial charge in [0.25, 0.3) is 0 Å². The van der Waals surface area contributed by atoms with E-state index in [1.54, 1.807) is 5.57 Å². The molecule has 1 aromatic rings. The molecule has 2 fully saturated rings. The van der Waals surface area contributed by atoms with Crippen molar-refractivity contribution in [3.63, 3.8) is 0 Å². The molecule has 0 N–H and O–H groups in total. The van der Waals surface area contributed by atoms with Crippen molar-refractivity contribution in [1.82, 2.24) is 0 Å². The van der Waals surface area contributed by atoms with Gasteiger partial charge in [-0.15, -0.1) is 6.58 Å². The molecule has 3 aliphatic rings. The Morgan fingerprint density at radius 1 is 1.20 bits per heavy atom. The van der Waals surface area contributed by atoms with Gasteiger partial charge in [0.1, 0.15) is 6.61 Å². The van der Waals surface area contributed by atoms with Crippen LogP contribution in [0.2, 0.25) is 5.02 Å². The van der Waals surface area contributed by atoms with Crippen LogP contribution in [0.25, 0.3) is 0 Å². The number of rotatable bonds is 4. The van der Waals surface area contributed by atoms with E-state index in [2.05, 4.69) is 39.5 Å². The van der Waals surface area contributed by atoms with E-state index in [1.165, 1.54) is 19.3 Å². The Hall–Kier alpha value is -1.54. The first-order chi connectivity index (χ1) is 14.2. The maximum Gasteiger partial charge on any atom is 0.312 e. The van der Waals surface area contributed by atoms with Gasteiger partial charge in [0.15, 0.2) is 0 Å². The topological polar surface area (TPSA) is 26.3 Å². The van der Waals surface area contributed by atoms with Gasteiger partial charge in [-0.3, -0.25) is 4.79 Å². The number of benzene rings is 1. The summed E-state index contributed by atoms with van der Waals surface area (Å²) in [6.07, 6.45) is 12.4. The van der Waals surface area contributed by atoms with Crippen LogP contribution in [0.1, 0.15) is 71.3 Å². The molecule has 0 amide bonds. The van der Waals surface area contributed by atoms with Crippen molar-refractivity contribution in [3.8, 4) is 0 Å². The molecule has 0 bridgehead atoms. The average Bonchev–Trinajstić information content (AvgIpc) is 2.72. The maximum atomic E-state index is 13.4. The largest absolute Gasteiger partial charge is 0.460 e. The van der Waals surface area contributed by atoms with Crippen molar-refractivity contribution >= 4 is 17.6 Å². The van der Waals surface area contributed by atoms with Gasteiger partial charge in [-0.1, -0.05) is 61.7 Å². The van der Waals surface area contributed by atoms with Crippen LogP contribution >= 0.6 is 11.6 Å². The number of hydrogen-bond donors (Lipinski definition) is 0. The fourth-order valence-electron chi connectivity index (χ4n) is 6.75. The minimum absolute atomic E-state index is 0.0286. The lowest BCUT2D eigenvalue weighted by Crippen LogP contribution is -2.53. The van der Waals surface area contributed by atoms with Gasteiger partial charge in [-0.2, -0.15) is 0 Å². The average molecular weight is 427 g/mol. The summed E-state index contributed by atoms with van der Waals surface area (Å²) in [7, 11) is 0. The molecule has 0 aliphatic heterocycles. The van der Waals surface area contributed by atoms with Crippen molar-refractivity contribution in [3.05, 3.63) is 59.2 Å². The minimum Gasteiger partial charge on any atom is -0.460 e. The Morgan fingerprint density at radius 3 is 2.63 bits per heavy atom. The fraction of sp³-hybridized carbons (Fsp3) is 0.593. The van der Waals surface area contributed by atoms with Gasteiger partial charge in [-0.25, -0.2) is 0 Å². The third-order valence-corrected chi connectivity index (χ3v) is 8.83. The number of allylic oxidation sites excluding steroid dienone is 3. The van der Waals surface area contributed by atoms with Crippen molar-refractivity contribution < 1.29 is 9.53 Å². The first kappa shape index (κ1) is 21.7. The molecule has 2 nitrogen and oxygen atoms in total. The van der Waals surface area contributed by atoms with Gasteiger partial charge in [0, 0.05) is 5.02 Å². The summed E-state index contributed by atoms with van der Waals surface area (Å²) in [5.41, 5.74) is 2.52. The smallest absolute Gasteiger partial charge is 0.312 e. The van der Waals surface area contributed by atoms with Crippen molar-refractivity contribution in [1.29, 1.82) is 0 Å². The second kappa shape index (κ2) is 7.86. The minimum atomic E-state index is -0.412. The normalized spacial score (nSPS) is 38.1. The van der Waals surface area contributed by atoms with Crippen LogP contribution in [0, 0.1) is 28.1 Å². The zero-order chi connectivity index (χ0) is 21.6. The predicted octanol–water partition coefficient (Wildman–Crippen LogP) is 7.52. The molecule has 162 valence electrons. The van der Waals surface area contributed by atoms with Crippen LogP contribution in [0.5, 0.6) is 0 Å². The molecule has 0 aromatic heterocycles. The number of carbonyl (C=O) groups is 1. The van der Waals surface area contributed by atoms with Crippen LogP contribution in [-0.4, -0.2) is 5.97 Å². The van der Waals surface area contributed by atoms with Gasteiger partial charge in [-0.05, 0) is 85.8 Å². The third-order valence-electron chi connectivity index (χ3n) is 8.58. The number of esters is 1. The highest BCUT2D eigenvalue weighted by molar-refractivity contribution is 6.30. The van der Waals surface area contributed by atoms with E-state index < -0.39 is 5.41 Å². The lowest BCUT2D eigenvalue weighted by molar-refractivity contribution is -0.169. The van der Waals surface area contributed by atoms with Gasteiger partial charge in [0.05, 0.1) is 5.41 Å². The first-order valence-corrected chi connectivity index (χ1v) is 11.8. The summed E-state index contributed by atoms with van der Waals surface area (Å²) in [4.78, 5) is 13.4. The molecule has 2 saturated carbocycles. The van der Waals surface area contributed by atoms with E-state index in [0.717, 1.165) is 31.2 Å². The summed E-state index contributed by atoms with van der Waals surface area (Å²) >= 11 is 5.97. The van der Waals surface area contributed by atoms with Crippen molar-refractivity contribution in [2.45, 2.75) is 72.3 Å². The van der Waals surface area contributed by atoms with Crippen LogP contribution < -0.4 is 0 Å². The number of carbonyl (C=O) groups excluding carboxylic acids is 1. The maximum absolute atomic E-state index is 13.4. The van der Waals surface area contributed by atoms with E-state index in [1.807, 2.05) is 24.3 Å². The number of halogens is 1. The quantitative estimate of drug-likeness (QED) is 0.367. The van der Waals surface area contributed by atoms with E-state index in [-0.39, 0.29) is 16.8 Å². The Morgan fingerprint density at radius 2 is 1.93 bits per heavy atom. The van der Waals surface area contributed by atoms with Gasteiger partial charge >= 0.3 is 5.97 Å². The summed E-state index contributed by atoms with van der Waals surface area (Å²) in [5, 5.41) is 0.699. The molecule has 3 aliphatic carbocycles. The molecule has 0 radical (unpaired) electrons. The molecule has 1 aromatic carbocycles. The zero-order valence-electron chi connectivity index (χ0n) is 18.7. The number of hydrogen-bond acceptors (Lipinski definition) is 2. The number of ether oxygens (including phenoxy) is 1. The number of fused-ring (bicyclic) bond motifs is 3. The lowest BCUT2D eigenvalue weighted by Gasteiger charge is -2.58. The summed E-state index contributed by atoms with van der Waals surface area (Å²) in [5.74, 6) is 0.960. The van der Waals surface area contributed by atoms with Gasteiger partial charge in [0.2, 0.25) is 0 Å². The zero-order valence-corrected chi connectivity index (χ0v) is 19.4. The summed E-state index contributed by atoms with van der Waals surface area (Å²) in [6, 6.07) is 7.55. The highest BCUT2D eigenvalue weighted by atomic mass is 35.5. The molecule has 0 heterocycles. The monoisotopic (exact) mass is 426 g/mol. The van der Waals surface area contributed by atoms with Crippen LogP contribution in [0.3, 0.4) is 0 Å². The molecular formula is C27H35ClO2. The Balaban J connectivity index is 1.55. The van der Waals surface area contributed by atoms with Crippen molar-refractivity contribution in [2.24, 2.45) is 28.1 Å². The summed E-state index contributed by atoms with van der Waals surface area (Å²) < 4.78 is 5.88. The lowest BCUT2D eigenvalue weighted by atomic mass is 9.46. The first-order valence-electron chi connectivity index (χ1n) is 11.5.